The molecule has 0 saturated carbocycles. The summed E-state index contributed by atoms with van der Waals surface area (Å²) in [5.74, 6) is -0.173. The lowest BCUT2D eigenvalue weighted by Crippen LogP contribution is -2.40. The van der Waals surface area contributed by atoms with Crippen molar-refractivity contribution in [1.29, 1.82) is 5.26 Å². The highest BCUT2D eigenvalue weighted by molar-refractivity contribution is 5.95. The van der Waals surface area contributed by atoms with E-state index in [9.17, 15) is 19.8 Å². The molecule has 1 atom stereocenters. The number of nitrogens with zero attached hydrogens (tertiary/aromatic N) is 4. The normalized spacial score (nSPS) is 12.9. The van der Waals surface area contributed by atoms with Gasteiger partial charge in [-0.05, 0) is 41.5 Å². The van der Waals surface area contributed by atoms with Crippen molar-refractivity contribution in [3.63, 3.8) is 0 Å². The Morgan fingerprint density at radius 1 is 1.17 bits per heavy atom. The number of halogens is 1. The maximum atomic E-state index is 14.0. The molecule has 1 unspecified atom stereocenters. The molecule has 2 aromatic heterocycles. The summed E-state index contributed by atoms with van der Waals surface area (Å²) in [5, 5.41) is 21.3. The Morgan fingerprint density at radius 2 is 1.94 bits per heavy atom. The van der Waals surface area contributed by atoms with E-state index in [1.54, 1.807) is 60.5 Å². The summed E-state index contributed by atoms with van der Waals surface area (Å²) in [6.45, 7) is 0. The van der Waals surface area contributed by atoms with Crippen LogP contribution in [0.25, 0.3) is 22.1 Å². The van der Waals surface area contributed by atoms with E-state index in [4.69, 9.17) is 10.2 Å². The molecule has 172 valence electrons. The Hall–Kier alpha value is -4.81. The van der Waals surface area contributed by atoms with Gasteiger partial charge in [0.15, 0.2) is 0 Å². The van der Waals surface area contributed by atoms with E-state index in [0.29, 0.717) is 44.7 Å². The zero-order valence-electron chi connectivity index (χ0n) is 18.5. The summed E-state index contributed by atoms with van der Waals surface area (Å²) in [4.78, 5) is 15.3. The van der Waals surface area contributed by atoms with E-state index in [1.165, 1.54) is 30.3 Å². The molecule has 0 saturated heterocycles. The number of rotatable bonds is 5. The predicted molar refractivity (Wildman–Crippen MR) is 127 cm³/mol. The fourth-order valence-electron chi connectivity index (χ4n) is 4.27. The van der Waals surface area contributed by atoms with Crippen molar-refractivity contribution in [2.24, 2.45) is 12.8 Å². The molecule has 0 aliphatic carbocycles. The van der Waals surface area contributed by atoms with Gasteiger partial charge in [0.05, 0.1) is 34.8 Å². The first-order valence-electron chi connectivity index (χ1n) is 10.6. The second-order valence-corrected chi connectivity index (χ2v) is 8.18. The molecule has 5 aromatic rings. The van der Waals surface area contributed by atoms with Crippen molar-refractivity contribution in [2.45, 2.75) is 5.54 Å². The van der Waals surface area contributed by atoms with E-state index in [-0.39, 0.29) is 5.69 Å². The first kappa shape index (κ1) is 22.0. The molecule has 2 heterocycles. The first-order chi connectivity index (χ1) is 16.8. The highest BCUT2D eigenvalue weighted by atomic mass is 19.1. The number of nitro groups is 1. The molecule has 0 radical (unpaired) electrons. The molecular formula is C26H18FN5O3. The number of aromatic nitrogens is 2. The van der Waals surface area contributed by atoms with Crippen LogP contribution in [0, 0.1) is 27.3 Å². The Morgan fingerprint density at radius 3 is 2.57 bits per heavy atom. The molecule has 0 aliphatic heterocycles. The van der Waals surface area contributed by atoms with Gasteiger partial charge in [0.2, 0.25) is 0 Å². The predicted octanol–water partition coefficient (Wildman–Crippen LogP) is 5.00. The molecule has 0 fully saturated rings. The monoisotopic (exact) mass is 467 g/mol. The van der Waals surface area contributed by atoms with Crippen LogP contribution in [0.2, 0.25) is 0 Å². The zero-order chi connectivity index (χ0) is 24.7. The third-order valence-electron chi connectivity index (χ3n) is 6.03. The van der Waals surface area contributed by atoms with Gasteiger partial charge < -0.3 is 14.7 Å². The van der Waals surface area contributed by atoms with Crippen LogP contribution in [-0.4, -0.2) is 14.5 Å². The molecule has 2 N–H and O–H groups in total. The number of aryl methyl sites for hydroxylation is 1. The smallest absolute Gasteiger partial charge is 0.270 e. The van der Waals surface area contributed by atoms with Gasteiger partial charge in [0, 0.05) is 30.1 Å². The van der Waals surface area contributed by atoms with Gasteiger partial charge in [-0.3, -0.25) is 10.1 Å². The van der Waals surface area contributed by atoms with Gasteiger partial charge in [-0.15, -0.1) is 0 Å². The van der Waals surface area contributed by atoms with Crippen LogP contribution in [0.4, 0.5) is 10.1 Å². The topological polar surface area (TPSA) is 124 Å². The molecule has 0 amide bonds. The number of nitro benzene ring substituents is 1. The van der Waals surface area contributed by atoms with E-state index >= 15 is 0 Å². The number of hydrogen-bond donors (Lipinski definition) is 1. The van der Waals surface area contributed by atoms with E-state index in [2.05, 4.69) is 11.1 Å². The molecule has 5 rings (SSSR count). The van der Waals surface area contributed by atoms with Crippen LogP contribution in [-0.2, 0) is 12.6 Å². The Balaban J connectivity index is 1.81. The lowest BCUT2D eigenvalue weighted by Gasteiger charge is -2.28. The Bertz CT molecular complexity index is 1630. The van der Waals surface area contributed by atoms with Crippen molar-refractivity contribution >= 4 is 16.7 Å². The molecule has 8 nitrogen and oxygen atoms in total. The third-order valence-corrected chi connectivity index (χ3v) is 6.03. The van der Waals surface area contributed by atoms with E-state index in [0.717, 1.165) is 0 Å². The van der Waals surface area contributed by atoms with E-state index in [1.807, 2.05) is 0 Å². The second kappa shape index (κ2) is 8.20. The number of benzene rings is 3. The number of fused-ring (bicyclic) bond motifs is 1. The number of hydrogen-bond acceptors (Lipinski definition) is 6. The van der Waals surface area contributed by atoms with Crippen LogP contribution in [0.1, 0.15) is 22.6 Å². The number of nitriles is 1. The lowest BCUT2D eigenvalue weighted by atomic mass is 9.84. The van der Waals surface area contributed by atoms with Crippen molar-refractivity contribution in [3.8, 4) is 17.2 Å². The number of furan rings is 1. The minimum Gasteiger partial charge on any atom is -0.458 e. The van der Waals surface area contributed by atoms with E-state index < -0.39 is 16.3 Å². The van der Waals surface area contributed by atoms with Gasteiger partial charge in [-0.25, -0.2) is 9.37 Å². The SMILES string of the molecule is Cn1cncc1C(N)(c1ccc(C#N)cc1)c1cc2cc([N+](=O)[O-])cc(-c3cccc(F)c3)c2o1. The summed E-state index contributed by atoms with van der Waals surface area (Å²) in [7, 11) is 1.79. The largest absolute Gasteiger partial charge is 0.458 e. The lowest BCUT2D eigenvalue weighted by molar-refractivity contribution is -0.384. The molecule has 9 heteroatoms. The quantitative estimate of drug-likeness (QED) is 0.286. The fourth-order valence-corrected chi connectivity index (χ4v) is 4.27. The van der Waals surface area contributed by atoms with Crippen LogP contribution < -0.4 is 5.73 Å². The van der Waals surface area contributed by atoms with Crippen molar-refractivity contribution in [2.75, 3.05) is 0 Å². The molecule has 35 heavy (non-hydrogen) atoms. The molecule has 0 spiro atoms. The minimum absolute atomic E-state index is 0.161. The average Bonchev–Trinajstić information content (AvgIpc) is 3.49. The standard InChI is InChI=1S/C26H18FN5O3/c1-31-15-30-14-23(31)26(29,19-7-5-16(13-28)6-8-19)24-11-18-10-21(32(33)34)12-22(25(18)35-24)17-3-2-4-20(27)9-17/h2-12,14-15H,29H2,1H3. The summed E-state index contributed by atoms with van der Waals surface area (Å²) >= 11 is 0. The van der Waals surface area contributed by atoms with Crippen LogP contribution in [0.3, 0.4) is 0 Å². The van der Waals surface area contributed by atoms with Gasteiger partial charge >= 0.3 is 0 Å². The summed E-state index contributed by atoms with van der Waals surface area (Å²) in [5.41, 5.74) is 8.37. The van der Waals surface area contributed by atoms with Crippen molar-refractivity contribution in [1.82, 2.24) is 9.55 Å². The maximum absolute atomic E-state index is 14.0. The van der Waals surface area contributed by atoms with Gasteiger partial charge in [-0.1, -0.05) is 24.3 Å². The summed E-state index contributed by atoms with van der Waals surface area (Å²) in [6, 6.07) is 19.0. The number of imidazole rings is 1. The summed E-state index contributed by atoms with van der Waals surface area (Å²) in [6.07, 6.45) is 3.22. The maximum Gasteiger partial charge on any atom is 0.270 e. The van der Waals surface area contributed by atoms with Gasteiger partial charge in [-0.2, -0.15) is 5.26 Å². The van der Waals surface area contributed by atoms with Crippen LogP contribution >= 0.6 is 0 Å². The zero-order valence-corrected chi connectivity index (χ0v) is 18.5. The van der Waals surface area contributed by atoms with Crippen molar-refractivity contribution in [3.05, 3.63) is 118 Å². The average molecular weight is 467 g/mol. The van der Waals surface area contributed by atoms with Crippen molar-refractivity contribution < 1.29 is 13.7 Å². The molecule has 0 bridgehead atoms. The Kier molecular flexibility index (Phi) is 5.16. The Labute approximate surface area is 198 Å². The second-order valence-electron chi connectivity index (χ2n) is 8.18. The fraction of sp³-hybridized carbons (Fsp3) is 0.0769. The first-order valence-corrected chi connectivity index (χ1v) is 10.6. The summed E-state index contributed by atoms with van der Waals surface area (Å²) < 4.78 is 22.1. The highest BCUT2D eigenvalue weighted by Crippen LogP contribution is 2.41. The minimum atomic E-state index is -1.34. The number of nitrogens with two attached hydrogens (primary N) is 1. The van der Waals surface area contributed by atoms with Gasteiger partial charge in [0.25, 0.3) is 5.69 Å². The molecule has 3 aromatic carbocycles. The van der Waals surface area contributed by atoms with Crippen LogP contribution in [0.15, 0.2) is 83.7 Å². The molecular weight excluding hydrogens is 449 g/mol. The molecule has 0 aliphatic rings. The number of non-ortho nitro benzene ring substituents is 1. The van der Waals surface area contributed by atoms with Gasteiger partial charge in [0.1, 0.15) is 22.7 Å². The van der Waals surface area contributed by atoms with Crippen LogP contribution in [0.5, 0.6) is 0 Å². The highest BCUT2D eigenvalue weighted by Gasteiger charge is 2.38. The third kappa shape index (κ3) is 3.62.